The van der Waals surface area contributed by atoms with Crippen molar-refractivity contribution in [2.75, 3.05) is 19.6 Å². The third-order valence-electron chi connectivity index (χ3n) is 5.45. The van der Waals surface area contributed by atoms with Crippen LogP contribution in [0.3, 0.4) is 0 Å². The summed E-state index contributed by atoms with van der Waals surface area (Å²) in [5.41, 5.74) is 2.31. The Hall–Kier alpha value is -2.76. The minimum atomic E-state index is 0.429. The Kier molecular flexibility index (Phi) is 5.14. The van der Waals surface area contributed by atoms with Gasteiger partial charge in [-0.1, -0.05) is 25.1 Å². The molecule has 142 valence electrons. The van der Waals surface area contributed by atoms with Gasteiger partial charge < -0.3 is 19.8 Å². The molecule has 0 aliphatic carbocycles. The van der Waals surface area contributed by atoms with Gasteiger partial charge in [0.15, 0.2) is 5.96 Å². The minimum Gasteiger partial charge on any atom is -0.357 e. The fraction of sp³-hybridized carbons (Fsp3) is 0.429. The smallest absolute Gasteiger partial charge is 0.194 e. The number of fused-ring (bicyclic) bond motifs is 1. The largest absolute Gasteiger partial charge is 0.357 e. The molecule has 2 N–H and O–H groups in total. The summed E-state index contributed by atoms with van der Waals surface area (Å²) in [5, 5.41) is 4.71. The lowest BCUT2D eigenvalue weighted by Gasteiger charge is -2.39. The molecule has 1 aromatic carbocycles. The van der Waals surface area contributed by atoms with Gasteiger partial charge in [-0.3, -0.25) is 0 Å². The molecule has 0 spiro atoms. The molecule has 1 aliphatic rings. The van der Waals surface area contributed by atoms with Gasteiger partial charge in [0, 0.05) is 43.2 Å². The number of aliphatic imine (C=N–C) groups is 1. The molecule has 6 nitrogen and oxygen atoms in total. The maximum atomic E-state index is 4.92. The highest BCUT2D eigenvalue weighted by molar-refractivity contribution is 5.81. The standard InChI is InChI=1S/C21H28N6/c1-3-23-21(24-13-18-12-17-6-4-5-7-19(17)25-18)26-10-8-16(2)20(14-26)27-11-9-22-15-27/h4-7,9,11-12,15-16,20,25H,3,8,10,13-14H2,1-2H3,(H,23,24). The molecule has 1 aliphatic heterocycles. The number of guanidine groups is 1. The van der Waals surface area contributed by atoms with Gasteiger partial charge in [-0.05, 0) is 36.8 Å². The molecule has 27 heavy (non-hydrogen) atoms. The third kappa shape index (κ3) is 3.84. The molecule has 0 amide bonds. The quantitative estimate of drug-likeness (QED) is 0.551. The van der Waals surface area contributed by atoms with Crippen molar-refractivity contribution in [1.82, 2.24) is 24.8 Å². The van der Waals surface area contributed by atoms with E-state index in [0.717, 1.165) is 37.7 Å². The van der Waals surface area contributed by atoms with Gasteiger partial charge >= 0.3 is 0 Å². The molecule has 3 aromatic rings. The number of piperidine rings is 1. The van der Waals surface area contributed by atoms with E-state index in [9.17, 15) is 0 Å². The molecular formula is C21H28N6. The summed E-state index contributed by atoms with van der Waals surface area (Å²) in [5.74, 6) is 1.63. The van der Waals surface area contributed by atoms with Crippen LogP contribution in [0.25, 0.3) is 10.9 Å². The van der Waals surface area contributed by atoms with Crippen molar-refractivity contribution in [1.29, 1.82) is 0 Å². The highest BCUT2D eigenvalue weighted by Crippen LogP contribution is 2.27. The second-order valence-corrected chi connectivity index (χ2v) is 7.34. The fourth-order valence-corrected chi connectivity index (χ4v) is 3.90. The van der Waals surface area contributed by atoms with Crippen LogP contribution in [0.5, 0.6) is 0 Å². The first-order valence-electron chi connectivity index (χ1n) is 9.82. The molecule has 2 aromatic heterocycles. The molecule has 2 atom stereocenters. The molecule has 3 heterocycles. The van der Waals surface area contributed by atoms with Crippen molar-refractivity contribution in [3.05, 3.63) is 54.7 Å². The van der Waals surface area contributed by atoms with Crippen LogP contribution in [0.1, 0.15) is 32.0 Å². The maximum Gasteiger partial charge on any atom is 0.194 e. The Morgan fingerprint density at radius 2 is 2.26 bits per heavy atom. The number of aromatic amines is 1. The molecule has 4 rings (SSSR count). The zero-order valence-corrected chi connectivity index (χ0v) is 16.1. The van der Waals surface area contributed by atoms with E-state index in [0.29, 0.717) is 18.5 Å². The number of aromatic nitrogens is 3. The molecule has 0 saturated carbocycles. The average Bonchev–Trinajstić information content (AvgIpc) is 3.35. The van der Waals surface area contributed by atoms with E-state index in [1.54, 1.807) is 0 Å². The molecular weight excluding hydrogens is 336 g/mol. The Morgan fingerprint density at radius 3 is 3.04 bits per heavy atom. The topological polar surface area (TPSA) is 61.2 Å². The van der Waals surface area contributed by atoms with Crippen LogP contribution in [-0.4, -0.2) is 45.0 Å². The molecule has 1 fully saturated rings. The second-order valence-electron chi connectivity index (χ2n) is 7.34. The third-order valence-corrected chi connectivity index (χ3v) is 5.45. The summed E-state index contributed by atoms with van der Waals surface area (Å²) in [4.78, 5) is 15.0. The zero-order chi connectivity index (χ0) is 18.6. The molecule has 0 radical (unpaired) electrons. The zero-order valence-electron chi connectivity index (χ0n) is 16.1. The maximum absolute atomic E-state index is 4.92. The van der Waals surface area contributed by atoms with Crippen molar-refractivity contribution in [2.24, 2.45) is 10.9 Å². The lowest BCUT2D eigenvalue weighted by molar-refractivity contribution is 0.189. The van der Waals surface area contributed by atoms with E-state index in [4.69, 9.17) is 4.99 Å². The Morgan fingerprint density at radius 1 is 1.37 bits per heavy atom. The van der Waals surface area contributed by atoms with Gasteiger partial charge in [-0.15, -0.1) is 0 Å². The number of benzene rings is 1. The summed E-state index contributed by atoms with van der Waals surface area (Å²) in [7, 11) is 0. The number of rotatable bonds is 4. The van der Waals surface area contributed by atoms with Gasteiger partial charge in [0.1, 0.15) is 0 Å². The fourth-order valence-electron chi connectivity index (χ4n) is 3.90. The van der Waals surface area contributed by atoms with E-state index < -0.39 is 0 Å². The predicted octanol–water partition coefficient (Wildman–Crippen LogP) is 3.41. The van der Waals surface area contributed by atoms with E-state index in [2.05, 4.69) is 75.1 Å². The van der Waals surface area contributed by atoms with Crippen molar-refractivity contribution >= 4 is 16.9 Å². The van der Waals surface area contributed by atoms with E-state index in [1.165, 1.54) is 10.9 Å². The number of nitrogens with zero attached hydrogens (tertiary/aromatic N) is 4. The molecule has 6 heteroatoms. The number of hydrogen-bond donors (Lipinski definition) is 2. The van der Waals surface area contributed by atoms with Crippen LogP contribution in [0.15, 0.2) is 54.0 Å². The summed E-state index contributed by atoms with van der Waals surface area (Å²) < 4.78 is 2.23. The van der Waals surface area contributed by atoms with Gasteiger partial charge in [0.2, 0.25) is 0 Å². The van der Waals surface area contributed by atoms with Gasteiger partial charge in [-0.25, -0.2) is 9.98 Å². The van der Waals surface area contributed by atoms with Gasteiger partial charge in [0.05, 0.1) is 18.9 Å². The average molecular weight is 364 g/mol. The van der Waals surface area contributed by atoms with Crippen LogP contribution in [0.4, 0.5) is 0 Å². The Labute approximate surface area is 160 Å². The number of hydrogen-bond acceptors (Lipinski definition) is 2. The van der Waals surface area contributed by atoms with Crippen LogP contribution in [0.2, 0.25) is 0 Å². The lowest BCUT2D eigenvalue weighted by atomic mass is 9.93. The Balaban J connectivity index is 1.51. The highest BCUT2D eigenvalue weighted by Gasteiger charge is 2.28. The molecule has 1 saturated heterocycles. The summed E-state index contributed by atoms with van der Waals surface area (Å²) >= 11 is 0. The van der Waals surface area contributed by atoms with Crippen molar-refractivity contribution in [2.45, 2.75) is 32.9 Å². The number of likely N-dealkylation sites (tertiary alicyclic amines) is 1. The number of H-pyrrole nitrogens is 1. The molecule has 2 unspecified atom stereocenters. The summed E-state index contributed by atoms with van der Waals surface area (Å²) in [6, 6.07) is 11.0. The van der Waals surface area contributed by atoms with Crippen LogP contribution in [0, 0.1) is 5.92 Å². The summed E-state index contributed by atoms with van der Waals surface area (Å²) in [6.45, 7) is 7.96. The highest BCUT2D eigenvalue weighted by atomic mass is 15.3. The number of para-hydroxylation sites is 1. The lowest BCUT2D eigenvalue weighted by Crippen LogP contribution is -2.49. The van der Waals surface area contributed by atoms with E-state index in [1.807, 2.05) is 12.5 Å². The van der Waals surface area contributed by atoms with Gasteiger partial charge in [-0.2, -0.15) is 0 Å². The second kappa shape index (κ2) is 7.86. The number of imidazole rings is 1. The first-order valence-corrected chi connectivity index (χ1v) is 9.82. The first kappa shape index (κ1) is 17.6. The summed E-state index contributed by atoms with van der Waals surface area (Å²) in [6.07, 6.45) is 7.01. The Bertz CT molecular complexity index is 861. The van der Waals surface area contributed by atoms with Crippen molar-refractivity contribution in [3.8, 4) is 0 Å². The van der Waals surface area contributed by atoms with Crippen LogP contribution >= 0.6 is 0 Å². The SMILES string of the molecule is CCNC(=NCc1cc2ccccc2[nH]1)N1CCC(C)C(n2ccnc2)C1. The monoisotopic (exact) mass is 364 g/mol. The van der Waals surface area contributed by atoms with Crippen LogP contribution in [-0.2, 0) is 6.54 Å². The van der Waals surface area contributed by atoms with Crippen molar-refractivity contribution < 1.29 is 0 Å². The molecule has 0 bridgehead atoms. The van der Waals surface area contributed by atoms with Crippen molar-refractivity contribution in [3.63, 3.8) is 0 Å². The van der Waals surface area contributed by atoms with Gasteiger partial charge in [0.25, 0.3) is 0 Å². The van der Waals surface area contributed by atoms with E-state index >= 15 is 0 Å². The van der Waals surface area contributed by atoms with E-state index in [-0.39, 0.29) is 0 Å². The predicted molar refractivity (Wildman–Crippen MR) is 110 cm³/mol. The number of nitrogens with one attached hydrogen (secondary N) is 2. The minimum absolute atomic E-state index is 0.429. The first-order chi connectivity index (χ1) is 13.2. The normalized spacial score (nSPS) is 21.0. The van der Waals surface area contributed by atoms with Crippen LogP contribution < -0.4 is 5.32 Å².